The van der Waals surface area contributed by atoms with Gasteiger partial charge in [-0.25, -0.2) is 0 Å². The number of ether oxygens (including phenoxy) is 2. The summed E-state index contributed by atoms with van der Waals surface area (Å²) in [4.78, 5) is 0. The lowest BCUT2D eigenvalue weighted by Crippen LogP contribution is -1.87. The summed E-state index contributed by atoms with van der Waals surface area (Å²) in [5.74, 6) is 1.06. The summed E-state index contributed by atoms with van der Waals surface area (Å²) in [7, 11) is 3.03. The van der Waals surface area contributed by atoms with Gasteiger partial charge < -0.3 is 14.6 Å². The highest BCUT2D eigenvalue weighted by Crippen LogP contribution is 2.36. The van der Waals surface area contributed by atoms with Gasteiger partial charge in [0, 0.05) is 12.1 Å². The maximum Gasteiger partial charge on any atom is 0.161 e. The van der Waals surface area contributed by atoms with Crippen molar-refractivity contribution >= 4 is 15.9 Å². The Morgan fingerprint density at radius 3 is 2.25 bits per heavy atom. The van der Waals surface area contributed by atoms with E-state index in [0.717, 1.165) is 4.47 Å². The van der Waals surface area contributed by atoms with Crippen LogP contribution < -0.4 is 9.47 Å². The van der Waals surface area contributed by atoms with Gasteiger partial charge >= 0.3 is 0 Å². The summed E-state index contributed by atoms with van der Waals surface area (Å²) in [5.41, 5.74) is 0. The molecule has 0 amide bonds. The zero-order chi connectivity index (χ0) is 9.14. The second kappa shape index (κ2) is 3.67. The molecule has 0 saturated carbocycles. The average Bonchev–Trinajstić information content (AvgIpc) is 2.08. The van der Waals surface area contributed by atoms with Crippen molar-refractivity contribution in [2.75, 3.05) is 14.2 Å². The minimum absolute atomic E-state index is 0.0672. The monoisotopic (exact) mass is 232 g/mol. The molecule has 0 aromatic heterocycles. The molecule has 1 aromatic carbocycles. The molecule has 0 aliphatic heterocycles. The quantitative estimate of drug-likeness (QED) is 0.850. The molecule has 1 N–H and O–H groups in total. The Morgan fingerprint density at radius 2 is 1.75 bits per heavy atom. The normalized spacial score (nSPS) is 9.58. The Labute approximate surface area is 79.1 Å². The summed E-state index contributed by atoms with van der Waals surface area (Å²) in [6.45, 7) is 0. The highest BCUT2D eigenvalue weighted by Gasteiger charge is 2.07. The summed E-state index contributed by atoms with van der Waals surface area (Å²) in [6.07, 6.45) is 0. The highest BCUT2D eigenvalue weighted by atomic mass is 79.9. The van der Waals surface area contributed by atoms with Crippen LogP contribution in [0, 0.1) is 0 Å². The molecule has 12 heavy (non-hydrogen) atoms. The first kappa shape index (κ1) is 9.19. The van der Waals surface area contributed by atoms with Crippen LogP contribution in [0.25, 0.3) is 0 Å². The lowest BCUT2D eigenvalue weighted by atomic mass is 10.3. The number of rotatable bonds is 2. The van der Waals surface area contributed by atoms with E-state index in [0.29, 0.717) is 11.5 Å². The van der Waals surface area contributed by atoms with E-state index in [2.05, 4.69) is 15.9 Å². The SMILES string of the molecule is COc1cc(Br)c(OC)cc1O. The van der Waals surface area contributed by atoms with Gasteiger partial charge in [0.15, 0.2) is 11.5 Å². The molecule has 0 saturated heterocycles. The smallest absolute Gasteiger partial charge is 0.161 e. The summed E-state index contributed by atoms with van der Waals surface area (Å²) in [6, 6.07) is 3.14. The Kier molecular flexibility index (Phi) is 2.81. The van der Waals surface area contributed by atoms with E-state index in [9.17, 15) is 5.11 Å². The Hall–Kier alpha value is -0.900. The topological polar surface area (TPSA) is 38.7 Å². The average molecular weight is 233 g/mol. The van der Waals surface area contributed by atoms with Crippen LogP contribution >= 0.6 is 15.9 Å². The first-order valence-electron chi connectivity index (χ1n) is 3.29. The van der Waals surface area contributed by atoms with E-state index in [4.69, 9.17) is 9.47 Å². The number of methoxy groups -OCH3 is 2. The van der Waals surface area contributed by atoms with Crippen molar-refractivity contribution in [1.29, 1.82) is 0 Å². The van der Waals surface area contributed by atoms with Gasteiger partial charge in [-0.1, -0.05) is 0 Å². The minimum Gasteiger partial charge on any atom is -0.504 e. The third-order valence-electron chi connectivity index (χ3n) is 1.45. The van der Waals surface area contributed by atoms with Crippen LogP contribution in [-0.2, 0) is 0 Å². The zero-order valence-corrected chi connectivity index (χ0v) is 8.38. The maximum absolute atomic E-state index is 9.32. The number of aromatic hydroxyl groups is 1. The molecule has 0 spiro atoms. The molecule has 0 unspecified atom stereocenters. The third kappa shape index (κ3) is 1.64. The zero-order valence-electron chi connectivity index (χ0n) is 6.80. The van der Waals surface area contributed by atoms with Gasteiger partial charge in [-0.2, -0.15) is 0 Å². The molecule has 0 heterocycles. The van der Waals surface area contributed by atoms with Gasteiger partial charge in [-0.3, -0.25) is 0 Å². The number of phenolic OH excluding ortho intramolecular Hbond substituents is 1. The number of hydrogen-bond donors (Lipinski definition) is 1. The van der Waals surface area contributed by atoms with Gasteiger partial charge in [-0.05, 0) is 15.9 Å². The molecule has 0 aliphatic rings. The van der Waals surface area contributed by atoms with Crippen molar-refractivity contribution < 1.29 is 14.6 Å². The Balaban J connectivity index is 3.16. The first-order chi connectivity index (χ1) is 5.69. The fourth-order valence-electron chi connectivity index (χ4n) is 0.844. The standard InChI is InChI=1S/C8H9BrO3/c1-11-7-4-6(10)8(12-2)3-5(7)9/h3-4,10H,1-2H3. The van der Waals surface area contributed by atoms with Gasteiger partial charge in [0.05, 0.1) is 18.7 Å². The van der Waals surface area contributed by atoms with E-state index in [-0.39, 0.29) is 5.75 Å². The highest BCUT2D eigenvalue weighted by molar-refractivity contribution is 9.10. The lowest BCUT2D eigenvalue weighted by Gasteiger charge is -2.07. The molecule has 0 bridgehead atoms. The van der Waals surface area contributed by atoms with E-state index < -0.39 is 0 Å². The van der Waals surface area contributed by atoms with Crippen LogP contribution in [0.1, 0.15) is 0 Å². The maximum atomic E-state index is 9.32. The van der Waals surface area contributed by atoms with E-state index in [1.54, 1.807) is 6.07 Å². The fourth-order valence-corrected chi connectivity index (χ4v) is 1.33. The number of benzene rings is 1. The minimum atomic E-state index is 0.0672. The van der Waals surface area contributed by atoms with Gasteiger partial charge in [-0.15, -0.1) is 0 Å². The van der Waals surface area contributed by atoms with Gasteiger partial charge in [0.2, 0.25) is 0 Å². The second-order valence-electron chi connectivity index (χ2n) is 2.16. The van der Waals surface area contributed by atoms with Crippen LogP contribution in [0.2, 0.25) is 0 Å². The van der Waals surface area contributed by atoms with E-state index >= 15 is 0 Å². The van der Waals surface area contributed by atoms with E-state index in [1.165, 1.54) is 20.3 Å². The number of halogens is 1. The number of phenols is 1. The molecule has 66 valence electrons. The largest absolute Gasteiger partial charge is 0.504 e. The van der Waals surface area contributed by atoms with Crippen LogP contribution in [0.15, 0.2) is 16.6 Å². The summed E-state index contributed by atoms with van der Waals surface area (Å²) >= 11 is 3.27. The van der Waals surface area contributed by atoms with Gasteiger partial charge in [0.25, 0.3) is 0 Å². The van der Waals surface area contributed by atoms with E-state index in [1.807, 2.05) is 0 Å². The molecule has 0 aliphatic carbocycles. The third-order valence-corrected chi connectivity index (χ3v) is 2.07. The van der Waals surface area contributed by atoms with Crippen LogP contribution in [0.5, 0.6) is 17.2 Å². The predicted octanol–water partition coefficient (Wildman–Crippen LogP) is 2.17. The van der Waals surface area contributed by atoms with Crippen molar-refractivity contribution in [3.63, 3.8) is 0 Å². The lowest BCUT2D eigenvalue weighted by molar-refractivity contribution is 0.364. The Bertz CT molecular complexity index is 256. The molecule has 0 fully saturated rings. The number of hydrogen-bond acceptors (Lipinski definition) is 3. The molecule has 1 rings (SSSR count). The Morgan fingerprint density at radius 1 is 1.17 bits per heavy atom. The summed E-state index contributed by atoms with van der Waals surface area (Å²) in [5, 5.41) is 9.32. The van der Waals surface area contributed by atoms with Crippen LogP contribution in [0.3, 0.4) is 0 Å². The molecule has 4 heteroatoms. The van der Waals surface area contributed by atoms with Crippen molar-refractivity contribution in [2.45, 2.75) is 0 Å². The molecule has 0 radical (unpaired) electrons. The van der Waals surface area contributed by atoms with Crippen molar-refractivity contribution in [2.24, 2.45) is 0 Å². The van der Waals surface area contributed by atoms with Crippen molar-refractivity contribution in [1.82, 2.24) is 0 Å². The molecule has 0 atom stereocenters. The van der Waals surface area contributed by atoms with Crippen molar-refractivity contribution in [3.8, 4) is 17.2 Å². The molecular formula is C8H9BrO3. The first-order valence-corrected chi connectivity index (χ1v) is 4.09. The fraction of sp³-hybridized carbons (Fsp3) is 0.250. The van der Waals surface area contributed by atoms with Gasteiger partial charge in [0.1, 0.15) is 5.75 Å². The molecule has 1 aromatic rings. The van der Waals surface area contributed by atoms with Crippen LogP contribution in [-0.4, -0.2) is 19.3 Å². The molecular weight excluding hydrogens is 224 g/mol. The predicted molar refractivity (Wildman–Crippen MR) is 48.9 cm³/mol. The van der Waals surface area contributed by atoms with Crippen LogP contribution in [0.4, 0.5) is 0 Å². The molecule has 3 nitrogen and oxygen atoms in total. The summed E-state index contributed by atoms with van der Waals surface area (Å²) < 4.78 is 10.6. The van der Waals surface area contributed by atoms with Crippen molar-refractivity contribution in [3.05, 3.63) is 16.6 Å². The second-order valence-corrected chi connectivity index (χ2v) is 3.01.